The Morgan fingerprint density at radius 3 is 2.56 bits per heavy atom. The van der Waals surface area contributed by atoms with Gasteiger partial charge >= 0.3 is 6.09 Å². The van der Waals surface area contributed by atoms with Crippen LogP contribution in [0.15, 0.2) is 24.4 Å². The normalized spacial score (nSPS) is 17.7. The molecule has 25 heavy (non-hydrogen) atoms. The van der Waals surface area contributed by atoms with Gasteiger partial charge < -0.3 is 15.0 Å². The molecule has 0 unspecified atom stereocenters. The number of rotatable bonds is 3. The molecular formula is C19H25N3O3. The molecule has 1 aliphatic carbocycles. The first-order valence-electron chi connectivity index (χ1n) is 8.76. The number of carbonyl (C=O) groups is 2. The Bertz CT molecular complexity index is 685. The number of nitrogens with zero attached hydrogens (tertiary/aromatic N) is 2. The van der Waals surface area contributed by atoms with Gasteiger partial charge in [-0.3, -0.25) is 9.78 Å². The predicted octanol–water partition coefficient (Wildman–Crippen LogP) is 3.00. The van der Waals surface area contributed by atoms with Gasteiger partial charge in [0, 0.05) is 25.3 Å². The molecule has 0 atom stereocenters. The summed E-state index contributed by atoms with van der Waals surface area (Å²) < 4.78 is 5.40. The summed E-state index contributed by atoms with van der Waals surface area (Å²) in [5.41, 5.74) is 2.10. The molecule has 0 radical (unpaired) electrons. The van der Waals surface area contributed by atoms with Crippen LogP contribution < -0.4 is 5.32 Å². The zero-order chi connectivity index (χ0) is 18.0. The van der Waals surface area contributed by atoms with Crippen LogP contribution in [-0.2, 0) is 4.74 Å². The molecule has 6 heteroatoms. The van der Waals surface area contributed by atoms with Gasteiger partial charge in [-0.15, -0.1) is 0 Å². The monoisotopic (exact) mass is 343 g/mol. The summed E-state index contributed by atoms with van der Waals surface area (Å²) in [6.45, 7) is 6.73. The van der Waals surface area contributed by atoms with Crippen LogP contribution in [0.1, 0.15) is 56.1 Å². The third kappa shape index (κ3) is 4.81. The summed E-state index contributed by atoms with van der Waals surface area (Å²) in [6.07, 6.45) is 6.34. The SMILES string of the molecule is CC(C)(C)OC(=O)N1CC=C(c2ccc(C(=O)NC3CC3)nc2)CC1. The van der Waals surface area contributed by atoms with Crippen LogP contribution in [0.2, 0.25) is 0 Å². The van der Waals surface area contributed by atoms with E-state index in [1.165, 1.54) is 0 Å². The van der Waals surface area contributed by atoms with Crippen molar-refractivity contribution >= 4 is 17.6 Å². The number of ether oxygens (including phenoxy) is 1. The first-order chi connectivity index (χ1) is 11.8. The number of aromatic nitrogens is 1. The number of carbonyl (C=O) groups excluding carboxylic acids is 2. The van der Waals surface area contributed by atoms with Gasteiger partial charge in [0.05, 0.1) is 0 Å². The van der Waals surface area contributed by atoms with Crippen molar-refractivity contribution in [1.29, 1.82) is 0 Å². The van der Waals surface area contributed by atoms with Gasteiger partial charge in [-0.1, -0.05) is 12.1 Å². The smallest absolute Gasteiger partial charge is 0.410 e. The van der Waals surface area contributed by atoms with E-state index in [0.717, 1.165) is 30.4 Å². The Hall–Kier alpha value is -2.37. The van der Waals surface area contributed by atoms with Gasteiger partial charge in [0.15, 0.2) is 0 Å². The van der Waals surface area contributed by atoms with Crippen molar-refractivity contribution in [2.24, 2.45) is 0 Å². The second-order valence-electron chi connectivity index (χ2n) is 7.59. The molecule has 1 aromatic rings. The quantitative estimate of drug-likeness (QED) is 0.916. The average molecular weight is 343 g/mol. The molecule has 0 spiro atoms. The van der Waals surface area contributed by atoms with Crippen molar-refractivity contribution in [2.75, 3.05) is 13.1 Å². The highest BCUT2D eigenvalue weighted by Gasteiger charge is 2.25. The molecule has 2 amide bonds. The Balaban J connectivity index is 1.59. The number of pyridine rings is 1. The molecule has 2 aliphatic rings. The zero-order valence-electron chi connectivity index (χ0n) is 15.0. The number of nitrogens with one attached hydrogen (secondary N) is 1. The highest BCUT2D eigenvalue weighted by Crippen LogP contribution is 2.23. The number of hydrogen-bond donors (Lipinski definition) is 1. The van der Waals surface area contributed by atoms with Gasteiger partial charge in [-0.2, -0.15) is 0 Å². The molecule has 1 aliphatic heterocycles. The van der Waals surface area contributed by atoms with Crippen LogP contribution in [0.4, 0.5) is 4.79 Å². The predicted molar refractivity (Wildman–Crippen MR) is 95.1 cm³/mol. The summed E-state index contributed by atoms with van der Waals surface area (Å²) in [7, 11) is 0. The minimum atomic E-state index is -0.484. The van der Waals surface area contributed by atoms with E-state index in [-0.39, 0.29) is 12.0 Å². The van der Waals surface area contributed by atoms with Crippen LogP contribution in [0, 0.1) is 0 Å². The maximum Gasteiger partial charge on any atom is 0.410 e. The second-order valence-corrected chi connectivity index (χ2v) is 7.59. The number of hydrogen-bond acceptors (Lipinski definition) is 4. The van der Waals surface area contributed by atoms with Gasteiger partial charge in [-0.05, 0) is 57.2 Å². The van der Waals surface area contributed by atoms with Crippen molar-refractivity contribution in [1.82, 2.24) is 15.2 Å². The van der Waals surface area contributed by atoms with Crippen LogP contribution in [-0.4, -0.2) is 46.6 Å². The second kappa shape index (κ2) is 6.86. The molecule has 1 N–H and O–H groups in total. The first-order valence-corrected chi connectivity index (χ1v) is 8.76. The molecule has 0 saturated heterocycles. The molecule has 1 fully saturated rings. The molecule has 6 nitrogen and oxygen atoms in total. The molecule has 1 saturated carbocycles. The zero-order valence-corrected chi connectivity index (χ0v) is 15.0. The molecule has 3 rings (SSSR count). The van der Waals surface area contributed by atoms with E-state index in [0.29, 0.717) is 24.8 Å². The lowest BCUT2D eigenvalue weighted by molar-refractivity contribution is 0.0270. The highest BCUT2D eigenvalue weighted by molar-refractivity contribution is 5.92. The van der Waals surface area contributed by atoms with E-state index in [9.17, 15) is 9.59 Å². The number of amides is 2. The largest absolute Gasteiger partial charge is 0.444 e. The van der Waals surface area contributed by atoms with Crippen molar-refractivity contribution < 1.29 is 14.3 Å². The topological polar surface area (TPSA) is 71.5 Å². The van der Waals surface area contributed by atoms with E-state index in [4.69, 9.17) is 4.74 Å². The third-order valence-corrected chi connectivity index (χ3v) is 4.14. The summed E-state index contributed by atoms with van der Waals surface area (Å²) in [5.74, 6) is -0.109. The molecule has 1 aromatic heterocycles. The van der Waals surface area contributed by atoms with Crippen molar-refractivity contribution in [2.45, 2.75) is 51.7 Å². The van der Waals surface area contributed by atoms with Gasteiger partial charge in [0.2, 0.25) is 0 Å². The average Bonchev–Trinajstić information content (AvgIpc) is 3.37. The summed E-state index contributed by atoms with van der Waals surface area (Å²) in [6, 6.07) is 4.01. The fourth-order valence-electron chi connectivity index (χ4n) is 2.63. The minimum absolute atomic E-state index is 0.109. The van der Waals surface area contributed by atoms with E-state index < -0.39 is 5.60 Å². The maximum atomic E-state index is 12.1. The van der Waals surface area contributed by atoms with E-state index in [2.05, 4.69) is 10.3 Å². The fraction of sp³-hybridized carbons (Fsp3) is 0.526. The minimum Gasteiger partial charge on any atom is -0.444 e. The Morgan fingerprint density at radius 2 is 2.04 bits per heavy atom. The molecule has 0 bridgehead atoms. The molecular weight excluding hydrogens is 318 g/mol. The van der Waals surface area contributed by atoms with Crippen molar-refractivity contribution in [3.8, 4) is 0 Å². The standard InChI is InChI=1S/C19H25N3O3/c1-19(2,3)25-18(24)22-10-8-13(9-11-22)14-4-7-16(20-12-14)17(23)21-15-5-6-15/h4,7-8,12,15H,5-6,9-11H2,1-3H3,(H,21,23). The fourth-order valence-corrected chi connectivity index (χ4v) is 2.63. The van der Waals surface area contributed by atoms with E-state index in [1.807, 2.05) is 32.9 Å². The first kappa shape index (κ1) is 17.5. The van der Waals surface area contributed by atoms with Crippen LogP contribution >= 0.6 is 0 Å². The van der Waals surface area contributed by atoms with E-state index in [1.54, 1.807) is 17.2 Å². The van der Waals surface area contributed by atoms with Crippen molar-refractivity contribution in [3.05, 3.63) is 35.7 Å². The van der Waals surface area contributed by atoms with Crippen LogP contribution in [0.3, 0.4) is 0 Å². The van der Waals surface area contributed by atoms with Crippen LogP contribution in [0.25, 0.3) is 5.57 Å². The summed E-state index contributed by atoms with van der Waals surface area (Å²) in [4.78, 5) is 30.0. The lowest BCUT2D eigenvalue weighted by atomic mass is 10.0. The third-order valence-electron chi connectivity index (χ3n) is 4.14. The van der Waals surface area contributed by atoms with Crippen LogP contribution in [0.5, 0.6) is 0 Å². The lowest BCUT2D eigenvalue weighted by Gasteiger charge is -2.29. The lowest BCUT2D eigenvalue weighted by Crippen LogP contribution is -2.39. The van der Waals surface area contributed by atoms with Gasteiger partial charge in [0.1, 0.15) is 11.3 Å². The van der Waals surface area contributed by atoms with Crippen molar-refractivity contribution in [3.63, 3.8) is 0 Å². The molecule has 2 heterocycles. The van der Waals surface area contributed by atoms with Gasteiger partial charge in [-0.25, -0.2) is 4.79 Å². The highest BCUT2D eigenvalue weighted by atomic mass is 16.6. The molecule has 0 aromatic carbocycles. The van der Waals surface area contributed by atoms with Gasteiger partial charge in [0.25, 0.3) is 5.91 Å². The molecule has 134 valence electrons. The Morgan fingerprint density at radius 1 is 1.28 bits per heavy atom. The maximum absolute atomic E-state index is 12.1. The summed E-state index contributed by atoms with van der Waals surface area (Å²) >= 11 is 0. The summed E-state index contributed by atoms with van der Waals surface area (Å²) in [5, 5.41) is 2.93. The Labute approximate surface area is 148 Å². The Kier molecular flexibility index (Phi) is 4.79. The van der Waals surface area contributed by atoms with E-state index >= 15 is 0 Å².